The average molecular weight is 653 g/mol. The molecular formula is C43H44N2O4. The van der Waals surface area contributed by atoms with E-state index in [0.29, 0.717) is 13.2 Å². The zero-order valence-corrected chi connectivity index (χ0v) is 28.8. The lowest BCUT2D eigenvalue weighted by atomic mass is 9.75. The van der Waals surface area contributed by atoms with E-state index < -0.39 is 5.60 Å². The molecule has 2 saturated heterocycles. The van der Waals surface area contributed by atoms with Crippen LogP contribution in [0.25, 0.3) is 22.4 Å². The van der Waals surface area contributed by atoms with E-state index in [1.807, 2.05) is 0 Å². The van der Waals surface area contributed by atoms with E-state index >= 15 is 0 Å². The standard InChI is InChI=1S/C43H44N2O4/c1-42(2)36-12-8-7-11-32(36)39-34-28-38(46-3)37(45-21-25-48-26-22-45)27-35(34)41-33(40(39)42)17-18-43(49-41,29-9-5-4-6-10-29)30-13-15-31(16-14-30)44-19-23-47-24-20-44/h4-6,8-10,12-18,27-28H,7,11,19-26H2,1-3H3. The molecule has 4 aromatic carbocycles. The first-order valence-electron chi connectivity index (χ1n) is 17.8. The summed E-state index contributed by atoms with van der Waals surface area (Å²) < 4.78 is 25.2. The maximum absolute atomic E-state index is 7.64. The van der Waals surface area contributed by atoms with Crippen molar-refractivity contribution in [1.82, 2.24) is 0 Å². The van der Waals surface area contributed by atoms with Gasteiger partial charge in [0.25, 0.3) is 0 Å². The summed E-state index contributed by atoms with van der Waals surface area (Å²) in [5, 5.41) is 2.33. The minimum absolute atomic E-state index is 0.170. The number of fused-ring (bicyclic) bond motifs is 7. The zero-order valence-electron chi connectivity index (χ0n) is 28.8. The van der Waals surface area contributed by atoms with Crippen LogP contribution in [-0.2, 0) is 20.5 Å². The van der Waals surface area contributed by atoms with E-state index in [1.165, 1.54) is 38.9 Å². The highest BCUT2D eigenvalue weighted by molar-refractivity contribution is 6.08. The normalized spacial score (nSPS) is 22.5. The first-order valence-corrected chi connectivity index (χ1v) is 17.8. The van der Waals surface area contributed by atoms with Crippen molar-refractivity contribution >= 4 is 33.8 Å². The lowest BCUT2D eigenvalue weighted by Crippen LogP contribution is -2.37. The van der Waals surface area contributed by atoms with Gasteiger partial charge in [0.15, 0.2) is 5.60 Å². The molecule has 1 atom stereocenters. The van der Waals surface area contributed by atoms with Crippen LogP contribution in [0.1, 0.15) is 54.5 Å². The van der Waals surface area contributed by atoms with Crippen LogP contribution in [0.15, 0.2) is 90.5 Å². The van der Waals surface area contributed by atoms with E-state index in [-0.39, 0.29) is 5.41 Å². The third kappa shape index (κ3) is 4.75. The van der Waals surface area contributed by atoms with Crippen molar-refractivity contribution < 1.29 is 18.9 Å². The molecule has 0 bridgehead atoms. The molecule has 250 valence electrons. The topological polar surface area (TPSA) is 43.4 Å². The second kappa shape index (κ2) is 11.8. The molecule has 6 nitrogen and oxygen atoms in total. The second-order valence-electron chi connectivity index (χ2n) is 14.3. The number of rotatable bonds is 5. The highest BCUT2D eigenvalue weighted by atomic mass is 16.5. The van der Waals surface area contributed by atoms with Gasteiger partial charge in [-0.15, -0.1) is 0 Å². The molecule has 0 aromatic heterocycles. The number of morpholine rings is 2. The number of methoxy groups -OCH3 is 1. The third-order valence-corrected chi connectivity index (χ3v) is 11.3. The molecule has 0 radical (unpaired) electrons. The number of hydrogen-bond acceptors (Lipinski definition) is 6. The number of hydrogen-bond donors (Lipinski definition) is 0. The molecule has 4 aromatic rings. The first-order chi connectivity index (χ1) is 24.0. The Kier molecular flexibility index (Phi) is 7.36. The number of allylic oxidation sites excluding steroid dienone is 4. The number of benzene rings is 4. The minimum Gasteiger partial charge on any atom is -0.495 e. The average Bonchev–Trinajstić information content (AvgIpc) is 3.42. The minimum atomic E-state index is -0.812. The lowest BCUT2D eigenvalue weighted by Gasteiger charge is -2.39. The molecule has 5 aliphatic rings. The quantitative estimate of drug-likeness (QED) is 0.216. The summed E-state index contributed by atoms with van der Waals surface area (Å²) in [5.74, 6) is 1.83. The van der Waals surface area contributed by atoms with E-state index in [0.717, 1.165) is 85.9 Å². The number of nitrogens with zero attached hydrogens (tertiary/aromatic N) is 2. The maximum atomic E-state index is 7.64. The summed E-state index contributed by atoms with van der Waals surface area (Å²) >= 11 is 0. The van der Waals surface area contributed by atoms with E-state index in [1.54, 1.807) is 7.11 Å². The van der Waals surface area contributed by atoms with Gasteiger partial charge >= 0.3 is 0 Å². The Morgan fingerprint density at radius 2 is 1.45 bits per heavy atom. The molecule has 1 unspecified atom stereocenters. The maximum Gasteiger partial charge on any atom is 0.178 e. The first kappa shape index (κ1) is 30.5. The molecule has 0 spiro atoms. The van der Waals surface area contributed by atoms with Crippen molar-refractivity contribution in [3.8, 4) is 11.5 Å². The molecule has 9 rings (SSSR count). The molecule has 2 fully saturated rings. The van der Waals surface area contributed by atoms with Gasteiger partial charge in [0.1, 0.15) is 11.5 Å². The van der Waals surface area contributed by atoms with Gasteiger partial charge in [-0.1, -0.05) is 74.5 Å². The van der Waals surface area contributed by atoms with Crippen LogP contribution >= 0.6 is 0 Å². The van der Waals surface area contributed by atoms with Crippen LogP contribution in [0.3, 0.4) is 0 Å². The Labute approximate surface area is 289 Å². The summed E-state index contributed by atoms with van der Waals surface area (Å²) in [6.07, 6.45) is 11.5. The molecule has 0 amide bonds. The highest BCUT2D eigenvalue weighted by Gasteiger charge is 2.45. The molecule has 3 aliphatic heterocycles. The lowest BCUT2D eigenvalue weighted by molar-refractivity contribution is 0.122. The molecule has 3 heterocycles. The summed E-state index contributed by atoms with van der Waals surface area (Å²) in [6, 6.07) is 24.3. The van der Waals surface area contributed by atoms with Crippen LogP contribution in [0.4, 0.5) is 11.4 Å². The van der Waals surface area contributed by atoms with E-state index in [4.69, 9.17) is 18.9 Å². The van der Waals surface area contributed by atoms with Gasteiger partial charge in [-0.3, -0.25) is 0 Å². The van der Waals surface area contributed by atoms with Gasteiger partial charge in [-0.05, 0) is 70.8 Å². The van der Waals surface area contributed by atoms with Crippen molar-refractivity contribution in [2.45, 2.75) is 37.7 Å². The van der Waals surface area contributed by atoms with Crippen LogP contribution in [0.2, 0.25) is 0 Å². The predicted molar refractivity (Wildman–Crippen MR) is 198 cm³/mol. The third-order valence-electron chi connectivity index (χ3n) is 11.3. The Morgan fingerprint density at radius 1 is 0.755 bits per heavy atom. The fourth-order valence-corrected chi connectivity index (χ4v) is 8.88. The van der Waals surface area contributed by atoms with E-state index in [9.17, 15) is 0 Å². The molecular weight excluding hydrogens is 608 g/mol. The van der Waals surface area contributed by atoms with Crippen LogP contribution in [-0.4, -0.2) is 59.7 Å². The fraction of sp³-hybridized carbons (Fsp3) is 0.349. The van der Waals surface area contributed by atoms with Gasteiger partial charge in [-0.25, -0.2) is 0 Å². The largest absolute Gasteiger partial charge is 0.495 e. The van der Waals surface area contributed by atoms with Crippen molar-refractivity contribution in [2.75, 3.05) is 69.5 Å². The monoisotopic (exact) mass is 652 g/mol. The molecule has 2 aliphatic carbocycles. The van der Waals surface area contributed by atoms with Gasteiger partial charge in [0.2, 0.25) is 0 Å². The van der Waals surface area contributed by atoms with Gasteiger partial charge < -0.3 is 28.7 Å². The SMILES string of the molecule is COc1cc2c3c(c4c(c2cc1N1CCOCC1)OC(c1ccccc1)(c1ccc(N2CCOCC2)cc1)C=C4)C(C)(C)C1=C3CCC=C1. The smallest absolute Gasteiger partial charge is 0.178 e. The van der Waals surface area contributed by atoms with Gasteiger partial charge in [-0.2, -0.15) is 0 Å². The van der Waals surface area contributed by atoms with Crippen molar-refractivity contribution in [3.05, 3.63) is 118 Å². The molecule has 0 N–H and O–H groups in total. The van der Waals surface area contributed by atoms with Crippen molar-refractivity contribution in [3.63, 3.8) is 0 Å². The Balaban J connectivity index is 1.29. The Hall–Kier alpha value is -4.52. The van der Waals surface area contributed by atoms with Crippen LogP contribution in [0.5, 0.6) is 11.5 Å². The van der Waals surface area contributed by atoms with Crippen LogP contribution < -0.4 is 19.3 Å². The Bertz CT molecular complexity index is 2020. The molecule has 6 heteroatoms. The zero-order chi connectivity index (χ0) is 33.2. The van der Waals surface area contributed by atoms with Crippen molar-refractivity contribution in [2.24, 2.45) is 0 Å². The second-order valence-corrected chi connectivity index (χ2v) is 14.3. The predicted octanol–water partition coefficient (Wildman–Crippen LogP) is 8.27. The molecule has 0 saturated carbocycles. The van der Waals surface area contributed by atoms with Crippen LogP contribution in [0, 0.1) is 0 Å². The van der Waals surface area contributed by atoms with Gasteiger partial charge in [0, 0.05) is 59.4 Å². The highest BCUT2D eigenvalue weighted by Crippen LogP contribution is 2.59. The Morgan fingerprint density at radius 3 is 2.16 bits per heavy atom. The summed E-state index contributed by atoms with van der Waals surface area (Å²) in [5.41, 5.74) is 10.3. The summed E-state index contributed by atoms with van der Waals surface area (Å²) in [7, 11) is 1.79. The van der Waals surface area contributed by atoms with E-state index in [2.05, 4.69) is 115 Å². The van der Waals surface area contributed by atoms with Gasteiger partial charge in [0.05, 0.1) is 39.2 Å². The summed E-state index contributed by atoms with van der Waals surface area (Å²) in [4.78, 5) is 4.80. The van der Waals surface area contributed by atoms with Crippen molar-refractivity contribution in [1.29, 1.82) is 0 Å². The molecule has 49 heavy (non-hydrogen) atoms. The number of ether oxygens (including phenoxy) is 4. The number of anilines is 2. The summed E-state index contributed by atoms with van der Waals surface area (Å²) in [6.45, 7) is 11.2. The fourth-order valence-electron chi connectivity index (χ4n) is 8.88.